The first kappa shape index (κ1) is 41.0. The van der Waals surface area contributed by atoms with E-state index in [9.17, 15) is 0 Å². The fourth-order valence-corrected chi connectivity index (χ4v) is 8.70. The number of pyridine rings is 3. The quantitative estimate of drug-likeness (QED) is 0.118. The van der Waals surface area contributed by atoms with Gasteiger partial charge >= 0.3 is 0 Å². The summed E-state index contributed by atoms with van der Waals surface area (Å²) in [5.41, 5.74) is 14.1. The second-order valence-corrected chi connectivity index (χ2v) is 22.1. The van der Waals surface area contributed by atoms with Gasteiger partial charge in [-0.25, -0.2) is 4.98 Å². The summed E-state index contributed by atoms with van der Waals surface area (Å²) in [4.78, 5) is 14.3. The van der Waals surface area contributed by atoms with Crippen molar-refractivity contribution >= 4 is 35.3 Å². The van der Waals surface area contributed by atoms with Crippen molar-refractivity contribution in [1.82, 2.24) is 15.0 Å². The molecule has 4 heterocycles. The molecule has 7 rings (SSSR count). The predicted molar refractivity (Wildman–Crippen MR) is 226 cm³/mol. The fourth-order valence-electron chi connectivity index (χ4n) is 7.12. The number of hydrogen-bond acceptors (Lipinski definition) is 4. The Morgan fingerprint density at radius 2 is 1.43 bits per heavy atom. The number of aryl methyl sites for hydroxylation is 3. The molecule has 0 fully saturated rings. The largest absolute Gasteiger partial charge is 0.486 e. The molecule has 4 aromatic heterocycles. The van der Waals surface area contributed by atoms with Gasteiger partial charge in [-0.3, -0.25) is 0 Å². The van der Waals surface area contributed by atoms with Crippen molar-refractivity contribution in [1.29, 1.82) is 0 Å². The molecule has 281 valence electrons. The molecule has 54 heavy (non-hydrogen) atoms. The number of aromatic nitrogens is 3. The topological polar surface area (TPSA) is 51.8 Å². The molecule has 0 amide bonds. The van der Waals surface area contributed by atoms with Crippen LogP contribution >= 0.6 is 0 Å². The van der Waals surface area contributed by atoms with Crippen LogP contribution in [0.25, 0.3) is 55.8 Å². The van der Waals surface area contributed by atoms with Crippen molar-refractivity contribution in [3.05, 3.63) is 131 Å². The third-order valence-corrected chi connectivity index (χ3v) is 11.7. The van der Waals surface area contributed by atoms with Gasteiger partial charge in [0.25, 0.3) is 0 Å². The zero-order chi connectivity index (χ0) is 38.1. The van der Waals surface area contributed by atoms with E-state index in [1.807, 2.05) is 30.5 Å². The van der Waals surface area contributed by atoms with Crippen molar-refractivity contribution in [2.75, 3.05) is 0 Å². The van der Waals surface area contributed by atoms with Crippen LogP contribution in [0.1, 0.15) is 62.4 Å². The normalized spacial score (nSPS) is 11.8. The third kappa shape index (κ3) is 9.34. The summed E-state index contributed by atoms with van der Waals surface area (Å²) in [6.45, 7) is 24.9. The Kier molecular flexibility index (Phi) is 12.6. The number of fused-ring (bicyclic) bond motifs is 3. The van der Waals surface area contributed by atoms with Gasteiger partial charge in [0.2, 0.25) is 5.71 Å². The third-order valence-electron chi connectivity index (χ3n) is 9.64. The molecule has 0 aliphatic rings. The Bertz CT molecular complexity index is 2360. The van der Waals surface area contributed by atoms with Crippen LogP contribution in [0.15, 0.2) is 95.7 Å². The van der Waals surface area contributed by atoms with Crippen LogP contribution in [-0.2, 0) is 32.9 Å². The molecule has 3 aromatic carbocycles. The van der Waals surface area contributed by atoms with Crippen LogP contribution in [0.5, 0.6) is 0 Å². The molecule has 0 unspecified atom stereocenters. The van der Waals surface area contributed by atoms with E-state index < -0.39 is 8.07 Å². The number of furan rings is 1. The molecule has 0 N–H and O–H groups in total. The van der Waals surface area contributed by atoms with E-state index in [1.165, 1.54) is 38.6 Å². The van der Waals surface area contributed by atoms with Crippen LogP contribution in [-0.4, -0.2) is 23.0 Å². The molecule has 0 bridgehead atoms. The van der Waals surface area contributed by atoms with Crippen molar-refractivity contribution in [2.45, 2.75) is 87.9 Å². The van der Waals surface area contributed by atoms with Crippen LogP contribution in [0.4, 0.5) is 0 Å². The average Bonchev–Trinajstić information content (AvgIpc) is 3.47. The van der Waals surface area contributed by atoms with E-state index in [0.29, 0.717) is 11.6 Å². The van der Waals surface area contributed by atoms with E-state index >= 15 is 0 Å². The Hall–Kier alpha value is -4.22. The maximum Gasteiger partial charge on any atom is 0.216 e. The van der Waals surface area contributed by atoms with Gasteiger partial charge in [0.15, 0.2) is 0 Å². The molecule has 0 saturated heterocycles. The molecule has 0 aliphatic carbocycles. The van der Waals surface area contributed by atoms with E-state index in [1.54, 1.807) is 0 Å². The zero-order valence-electron chi connectivity index (χ0n) is 33.7. The van der Waals surface area contributed by atoms with Crippen LogP contribution < -0.4 is 5.19 Å². The van der Waals surface area contributed by atoms with Crippen molar-refractivity contribution in [3.63, 3.8) is 0 Å². The van der Waals surface area contributed by atoms with Crippen LogP contribution in [0.3, 0.4) is 0 Å². The number of benzene rings is 3. The van der Waals surface area contributed by atoms with Gasteiger partial charge in [0.1, 0.15) is 0 Å². The Morgan fingerprint density at radius 1 is 0.722 bits per heavy atom. The van der Waals surface area contributed by atoms with Crippen LogP contribution in [0, 0.1) is 44.2 Å². The Morgan fingerprint density at radius 3 is 2.07 bits per heavy atom. The molecule has 0 aliphatic heterocycles. The molecule has 0 spiro atoms. The first-order valence-electron chi connectivity index (χ1n) is 18.8. The van der Waals surface area contributed by atoms with E-state index in [-0.39, 0.29) is 25.5 Å². The number of hydrogen-bond donors (Lipinski definition) is 0. The monoisotopic (exact) mass is 908 g/mol. The molecule has 4 nitrogen and oxygen atoms in total. The summed E-state index contributed by atoms with van der Waals surface area (Å²) in [6.07, 6.45) is 6.19. The minimum atomic E-state index is -1.34. The second-order valence-electron chi connectivity index (χ2n) is 17.1. The SMILES string of the molecule is CC(C)Cc1cc(-c2[c-]cccc2)ncc1[Si](C)(C)C.Cc1cnc(-c2[c-]ccc3c2oc2nc(-c4c(C)cccc4C)ccc23)cc1CC(C)(C)C.[Ir]. The minimum Gasteiger partial charge on any atom is -0.486 e. The van der Waals surface area contributed by atoms with Gasteiger partial charge in [-0.1, -0.05) is 107 Å². The maximum atomic E-state index is 6.37. The van der Waals surface area contributed by atoms with Gasteiger partial charge in [-0.15, -0.1) is 54.1 Å². The molecular formula is C48H53IrN3OSi-2. The Balaban J connectivity index is 0.000000230. The first-order chi connectivity index (χ1) is 25.1. The summed E-state index contributed by atoms with van der Waals surface area (Å²) in [5, 5.41) is 3.54. The summed E-state index contributed by atoms with van der Waals surface area (Å²) in [6, 6.07) is 33.7. The first-order valence-corrected chi connectivity index (χ1v) is 22.3. The van der Waals surface area contributed by atoms with Gasteiger partial charge < -0.3 is 14.4 Å². The Labute approximate surface area is 337 Å². The zero-order valence-corrected chi connectivity index (χ0v) is 37.1. The van der Waals surface area contributed by atoms with Gasteiger partial charge in [-0.05, 0) is 90.3 Å². The summed E-state index contributed by atoms with van der Waals surface area (Å²) >= 11 is 0. The maximum absolute atomic E-state index is 6.37. The minimum absolute atomic E-state index is 0. The molecule has 6 heteroatoms. The van der Waals surface area contributed by atoms with Gasteiger partial charge in [0.05, 0.1) is 19.4 Å². The smallest absolute Gasteiger partial charge is 0.216 e. The molecule has 0 atom stereocenters. The number of nitrogens with zero attached hydrogens (tertiary/aromatic N) is 3. The average molecular weight is 908 g/mol. The summed E-state index contributed by atoms with van der Waals surface area (Å²) in [7, 11) is -1.34. The summed E-state index contributed by atoms with van der Waals surface area (Å²) in [5.74, 6) is 0.667. The van der Waals surface area contributed by atoms with Crippen molar-refractivity contribution < 1.29 is 24.5 Å². The van der Waals surface area contributed by atoms with E-state index in [2.05, 4.69) is 153 Å². The summed E-state index contributed by atoms with van der Waals surface area (Å²) < 4.78 is 6.37. The van der Waals surface area contributed by atoms with Gasteiger partial charge in [0, 0.05) is 43.4 Å². The van der Waals surface area contributed by atoms with Crippen LogP contribution in [0.2, 0.25) is 19.6 Å². The number of rotatable bonds is 7. The standard InChI is InChI=1S/C30H29N2O.C18H24NSi.Ir/c1-18-9-7-10-19(2)27(18)25-14-13-23-22-11-8-12-24(28(22)33-29(23)32-25)26-15-21(16-30(4,5)6)20(3)17-31-26;1-14(2)11-16-12-17(15-9-7-6-8-10-15)19-13-18(16)20(3,4)5;/h7-11,13-15,17H,16H2,1-6H3;6-9,12-14H,11H2,1-5H3;/q2*-1;. The van der Waals surface area contributed by atoms with E-state index in [0.717, 1.165) is 57.4 Å². The molecule has 7 aromatic rings. The van der Waals surface area contributed by atoms with Gasteiger partial charge in [-0.2, -0.15) is 0 Å². The molecule has 1 radical (unpaired) electrons. The van der Waals surface area contributed by atoms with Crippen molar-refractivity contribution in [2.24, 2.45) is 11.3 Å². The second kappa shape index (κ2) is 16.6. The predicted octanol–water partition coefficient (Wildman–Crippen LogP) is 12.3. The molecule has 0 saturated carbocycles. The van der Waals surface area contributed by atoms with E-state index in [4.69, 9.17) is 14.4 Å². The molecular weight excluding hydrogens is 855 g/mol. The van der Waals surface area contributed by atoms with Crippen molar-refractivity contribution in [3.8, 4) is 33.8 Å². The fraction of sp³-hybridized carbons (Fsp3) is 0.312.